The molecule has 2 amide bonds. The molecular weight excluding hydrogens is 482 g/mol. The summed E-state index contributed by atoms with van der Waals surface area (Å²) in [6.45, 7) is 7.41. The quantitative estimate of drug-likeness (QED) is 0.572. The topological polar surface area (TPSA) is 103 Å². The zero-order chi connectivity index (χ0) is 27.0. The minimum absolute atomic E-state index is 0.0529. The number of hydrogen-bond donors (Lipinski definition) is 2. The molecule has 5 rings (SSSR count). The number of hydrogen-bond acceptors (Lipinski definition) is 8. The number of piperidine rings is 1. The first-order chi connectivity index (χ1) is 18.1. The molecule has 1 saturated carbocycles. The molecule has 10 heteroatoms. The Morgan fingerprint density at radius 3 is 2.58 bits per heavy atom. The highest BCUT2D eigenvalue weighted by atomic mass is 16.5. The molecule has 0 unspecified atom stereocenters. The molecule has 1 aromatic heterocycles. The van der Waals surface area contributed by atoms with Crippen LogP contribution >= 0.6 is 0 Å². The monoisotopic (exact) mass is 521 g/mol. The van der Waals surface area contributed by atoms with Gasteiger partial charge >= 0.3 is 0 Å². The fraction of sp³-hybridized carbons (Fsp3) is 0.571. The van der Waals surface area contributed by atoms with Gasteiger partial charge < -0.3 is 30.1 Å². The fourth-order valence-electron chi connectivity index (χ4n) is 5.32. The number of nitrogens with zero attached hydrogens (tertiary/aromatic N) is 5. The lowest BCUT2D eigenvalue weighted by Gasteiger charge is -2.29. The van der Waals surface area contributed by atoms with Crippen molar-refractivity contribution in [2.45, 2.75) is 45.6 Å². The van der Waals surface area contributed by atoms with Crippen molar-refractivity contribution in [1.82, 2.24) is 20.2 Å². The summed E-state index contributed by atoms with van der Waals surface area (Å²) in [6, 6.07) is 5.53. The molecule has 2 aliphatic heterocycles. The molecule has 204 valence electrons. The van der Waals surface area contributed by atoms with Gasteiger partial charge in [0.25, 0.3) is 5.91 Å². The molecular formula is C28H39N7O3. The second-order valence-corrected chi connectivity index (χ2v) is 11.6. The Hall–Kier alpha value is -3.40. The highest BCUT2D eigenvalue weighted by Gasteiger charge is 2.40. The zero-order valence-corrected chi connectivity index (χ0v) is 23.1. The first kappa shape index (κ1) is 26.2. The predicted molar refractivity (Wildman–Crippen MR) is 148 cm³/mol. The Labute approximate surface area is 224 Å². The molecule has 0 radical (unpaired) electrons. The lowest BCUT2D eigenvalue weighted by molar-refractivity contribution is -0.125. The average molecular weight is 522 g/mol. The summed E-state index contributed by atoms with van der Waals surface area (Å²) in [5.74, 6) is 2.28. The van der Waals surface area contributed by atoms with E-state index in [4.69, 9.17) is 9.72 Å². The second-order valence-electron chi connectivity index (χ2n) is 11.6. The van der Waals surface area contributed by atoms with Crippen molar-refractivity contribution in [3.8, 4) is 5.75 Å². The van der Waals surface area contributed by atoms with E-state index < -0.39 is 5.41 Å². The molecule has 3 aliphatic rings. The molecule has 2 aromatic rings. The molecule has 2 N–H and O–H groups in total. The number of ether oxygens (including phenoxy) is 1. The van der Waals surface area contributed by atoms with Gasteiger partial charge in [0.15, 0.2) is 5.82 Å². The van der Waals surface area contributed by atoms with E-state index in [1.54, 1.807) is 37.4 Å². The number of likely N-dealkylation sites (tertiary alicyclic amines) is 1. The summed E-state index contributed by atoms with van der Waals surface area (Å²) in [4.78, 5) is 41.6. The molecule has 0 bridgehead atoms. The Morgan fingerprint density at radius 1 is 1.16 bits per heavy atom. The third-order valence-corrected chi connectivity index (χ3v) is 7.82. The van der Waals surface area contributed by atoms with Crippen molar-refractivity contribution in [2.75, 3.05) is 62.5 Å². The first-order valence-corrected chi connectivity index (χ1v) is 13.5. The maximum atomic E-state index is 13.1. The van der Waals surface area contributed by atoms with Crippen molar-refractivity contribution in [1.29, 1.82) is 0 Å². The Kier molecular flexibility index (Phi) is 7.17. The van der Waals surface area contributed by atoms with E-state index in [0.717, 1.165) is 38.3 Å². The second kappa shape index (κ2) is 10.4. The first-order valence-electron chi connectivity index (χ1n) is 13.5. The normalized spacial score (nSPS) is 20.1. The van der Waals surface area contributed by atoms with Gasteiger partial charge in [-0.1, -0.05) is 0 Å². The van der Waals surface area contributed by atoms with Crippen LogP contribution in [-0.4, -0.2) is 80.1 Å². The van der Waals surface area contributed by atoms with E-state index in [1.807, 2.05) is 19.9 Å². The summed E-state index contributed by atoms with van der Waals surface area (Å²) < 4.78 is 5.62. The number of carbonyl (C=O) groups excluding carboxylic acids is 2. The van der Waals surface area contributed by atoms with Gasteiger partial charge in [0.05, 0.1) is 24.4 Å². The van der Waals surface area contributed by atoms with Gasteiger partial charge in [-0.25, -0.2) is 4.98 Å². The number of aromatic nitrogens is 2. The number of methoxy groups -OCH3 is 1. The molecule has 2 fully saturated rings. The number of rotatable bonds is 7. The van der Waals surface area contributed by atoms with Gasteiger partial charge in [0.1, 0.15) is 11.4 Å². The van der Waals surface area contributed by atoms with Crippen LogP contribution in [0.3, 0.4) is 0 Å². The number of amides is 2. The van der Waals surface area contributed by atoms with Gasteiger partial charge in [-0.15, -0.1) is 0 Å². The largest absolute Gasteiger partial charge is 0.495 e. The number of fused-ring (bicyclic) bond motifs is 1. The standard InChI is InChI=1S/C28H39N7O3/c1-28(2)17-35(16-18-6-7-18)24-22(34(4)26(28)37)15-29-27(32-24)31-21-9-8-19(14-23(21)38-5)25(36)30-20-10-12-33(3)13-11-20/h8-9,14-15,18,20H,6-7,10-13,16-17H2,1-5H3,(H,30,36)(H,29,31,32). The predicted octanol–water partition coefficient (Wildman–Crippen LogP) is 3.27. The van der Waals surface area contributed by atoms with E-state index in [2.05, 4.69) is 32.5 Å². The van der Waals surface area contributed by atoms with Crippen LogP contribution in [0, 0.1) is 11.3 Å². The number of carbonyl (C=O) groups is 2. The van der Waals surface area contributed by atoms with Crippen LogP contribution in [0.5, 0.6) is 5.75 Å². The molecule has 0 spiro atoms. The fourth-order valence-corrected chi connectivity index (χ4v) is 5.32. The van der Waals surface area contributed by atoms with Crippen LogP contribution in [0.15, 0.2) is 24.4 Å². The van der Waals surface area contributed by atoms with Crippen LogP contribution in [-0.2, 0) is 4.79 Å². The van der Waals surface area contributed by atoms with Crippen molar-refractivity contribution in [3.63, 3.8) is 0 Å². The van der Waals surface area contributed by atoms with Crippen molar-refractivity contribution in [2.24, 2.45) is 11.3 Å². The van der Waals surface area contributed by atoms with Crippen LogP contribution in [0.2, 0.25) is 0 Å². The third-order valence-electron chi connectivity index (χ3n) is 7.82. The highest BCUT2D eigenvalue weighted by molar-refractivity contribution is 6.01. The molecule has 1 aromatic carbocycles. The molecule has 1 saturated heterocycles. The Morgan fingerprint density at radius 2 is 1.89 bits per heavy atom. The van der Waals surface area contributed by atoms with E-state index in [1.165, 1.54) is 12.8 Å². The van der Waals surface area contributed by atoms with Crippen molar-refractivity contribution >= 4 is 35.0 Å². The van der Waals surface area contributed by atoms with Gasteiger partial charge in [-0.3, -0.25) is 9.59 Å². The smallest absolute Gasteiger partial charge is 0.251 e. The van der Waals surface area contributed by atoms with E-state index in [0.29, 0.717) is 41.1 Å². The van der Waals surface area contributed by atoms with Crippen molar-refractivity contribution in [3.05, 3.63) is 30.0 Å². The summed E-state index contributed by atoms with van der Waals surface area (Å²) in [7, 11) is 5.47. The van der Waals surface area contributed by atoms with Crippen LogP contribution in [0.4, 0.5) is 23.1 Å². The summed E-state index contributed by atoms with van der Waals surface area (Å²) >= 11 is 0. The summed E-state index contributed by atoms with van der Waals surface area (Å²) in [5.41, 5.74) is 1.38. The number of anilines is 4. The van der Waals surface area contributed by atoms with Crippen LogP contribution in [0.1, 0.15) is 49.9 Å². The molecule has 1 aliphatic carbocycles. The number of benzene rings is 1. The molecule has 10 nitrogen and oxygen atoms in total. The maximum Gasteiger partial charge on any atom is 0.251 e. The Balaban J connectivity index is 1.37. The van der Waals surface area contributed by atoms with Crippen LogP contribution < -0.4 is 25.2 Å². The zero-order valence-electron chi connectivity index (χ0n) is 23.1. The van der Waals surface area contributed by atoms with Gasteiger partial charge in [0.2, 0.25) is 11.9 Å². The molecule has 0 atom stereocenters. The van der Waals surface area contributed by atoms with Gasteiger partial charge in [0, 0.05) is 31.7 Å². The number of nitrogens with one attached hydrogen (secondary N) is 2. The SMILES string of the molecule is COc1cc(C(=O)NC2CCN(C)CC2)ccc1Nc1ncc2c(n1)N(CC1CC1)CC(C)(C)C(=O)N2C. The van der Waals surface area contributed by atoms with Gasteiger partial charge in [-0.05, 0) is 83.8 Å². The third kappa shape index (κ3) is 5.55. The van der Waals surface area contributed by atoms with Crippen molar-refractivity contribution < 1.29 is 14.3 Å². The Bertz CT molecular complexity index is 1200. The van der Waals surface area contributed by atoms with E-state index in [9.17, 15) is 9.59 Å². The lowest BCUT2D eigenvalue weighted by atomic mass is 9.91. The highest BCUT2D eigenvalue weighted by Crippen LogP contribution is 2.40. The van der Waals surface area contributed by atoms with Crippen LogP contribution in [0.25, 0.3) is 0 Å². The summed E-state index contributed by atoms with van der Waals surface area (Å²) in [5, 5.41) is 6.42. The van der Waals surface area contributed by atoms with Gasteiger partial charge in [-0.2, -0.15) is 4.98 Å². The van der Waals surface area contributed by atoms with E-state index in [-0.39, 0.29) is 17.9 Å². The maximum absolute atomic E-state index is 13.1. The minimum Gasteiger partial charge on any atom is -0.495 e. The minimum atomic E-state index is -0.537. The summed E-state index contributed by atoms with van der Waals surface area (Å²) in [6.07, 6.45) is 6.02. The lowest BCUT2D eigenvalue weighted by Crippen LogP contribution is -2.43. The molecule has 38 heavy (non-hydrogen) atoms. The molecule has 3 heterocycles. The average Bonchev–Trinajstić information content (AvgIpc) is 3.73. The van der Waals surface area contributed by atoms with E-state index >= 15 is 0 Å².